The first-order chi connectivity index (χ1) is 13.3. The quantitative estimate of drug-likeness (QED) is 0.725. The zero-order valence-corrected chi connectivity index (χ0v) is 16.4. The Hall–Kier alpha value is -2.83. The first-order valence-electron chi connectivity index (χ1n) is 8.81. The van der Waals surface area contributed by atoms with Crippen LogP contribution >= 0.6 is 0 Å². The first kappa shape index (κ1) is 18.5. The zero-order chi connectivity index (χ0) is 19.9. The summed E-state index contributed by atoms with van der Waals surface area (Å²) < 4.78 is 34.5. The summed E-state index contributed by atoms with van der Waals surface area (Å²) in [6.07, 6.45) is 0.314. The highest BCUT2D eigenvalue weighted by molar-refractivity contribution is 7.90. The van der Waals surface area contributed by atoms with Gasteiger partial charge < -0.3 is 14.6 Å². The molecule has 3 aromatic carbocycles. The maximum Gasteiger partial charge on any atom is 0.231 e. The SMILES string of the molecule is Cc1ccc(C(O)c2cc3c(cc2-c2ccc(S(C)(=O)=O)cc2)OCO3)cc1. The number of hydrogen-bond donors (Lipinski definition) is 1. The van der Waals surface area contributed by atoms with E-state index in [-0.39, 0.29) is 11.7 Å². The van der Waals surface area contributed by atoms with Gasteiger partial charge in [0.15, 0.2) is 21.3 Å². The van der Waals surface area contributed by atoms with Gasteiger partial charge in [-0.3, -0.25) is 0 Å². The molecular formula is C22H20O5S. The summed E-state index contributed by atoms with van der Waals surface area (Å²) in [5.41, 5.74) is 4.08. The van der Waals surface area contributed by atoms with Crippen LogP contribution in [-0.2, 0) is 9.84 Å². The highest BCUT2D eigenvalue weighted by Gasteiger charge is 2.23. The van der Waals surface area contributed by atoms with Crippen molar-refractivity contribution >= 4 is 9.84 Å². The zero-order valence-electron chi connectivity index (χ0n) is 15.5. The maximum atomic E-state index is 11.7. The molecule has 0 aromatic heterocycles. The lowest BCUT2D eigenvalue weighted by molar-refractivity contribution is 0.173. The molecule has 1 N–H and O–H groups in total. The molecule has 4 rings (SSSR count). The minimum absolute atomic E-state index is 0.131. The van der Waals surface area contributed by atoms with E-state index in [1.807, 2.05) is 37.3 Å². The van der Waals surface area contributed by atoms with Gasteiger partial charge in [-0.15, -0.1) is 0 Å². The van der Waals surface area contributed by atoms with Gasteiger partial charge in [0.05, 0.1) is 4.90 Å². The maximum absolute atomic E-state index is 11.7. The number of hydrogen-bond acceptors (Lipinski definition) is 5. The van der Waals surface area contributed by atoms with Gasteiger partial charge in [0.2, 0.25) is 6.79 Å². The fourth-order valence-electron chi connectivity index (χ4n) is 3.24. The Morgan fingerprint density at radius 3 is 2.14 bits per heavy atom. The van der Waals surface area contributed by atoms with Crippen LogP contribution < -0.4 is 9.47 Å². The molecular weight excluding hydrogens is 376 g/mol. The number of aliphatic hydroxyl groups is 1. The third-order valence-electron chi connectivity index (χ3n) is 4.83. The number of rotatable bonds is 4. The van der Waals surface area contributed by atoms with E-state index in [1.54, 1.807) is 30.3 Å². The molecule has 1 unspecified atom stereocenters. The monoisotopic (exact) mass is 396 g/mol. The molecule has 0 spiro atoms. The van der Waals surface area contributed by atoms with Gasteiger partial charge >= 0.3 is 0 Å². The summed E-state index contributed by atoms with van der Waals surface area (Å²) in [5, 5.41) is 11.0. The van der Waals surface area contributed by atoms with E-state index in [4.69, 9.17) is 9.47 Å². The second-order valence-electron chi connectivity index (χ2n) is 6.90. The van der Waals surface area contributed by atoms with Crippen molar-refractivity contribution in [3.63, 3.8) is 0 Å². The number of benzene rings is 3. The Morgan fingerprint density at radius 2 is 1.54 bits per heavy atom. The summed E-state index contributed by atoms with van der Waals surface area (Å²) >= 11 is 0. The van der Waals surface area contributed by atoms with Crippen molar-refractivity contribution in [1.29, 1.82) is 0 Å². The van der Waals surface area contributed by atoms with Gasteiger partial charge in [-0.25, -0.2) is 8.42 Å². The highest BCUT2D eigenvalue weighted by atomic mass is 32.2. The minimum atomic E-state index is -3.28. The van der Waals surface area contributed by atoms with Crippen LogP contribution in [0.1, 0.15) is 22.8 Å². The molecule has 0 saturated heterocycles. The van der Waals surface area contributed by atoms with Crippen LogP contribution in [0.3, 0.4) is 0 Å². The van der Waals surface area contributed by atoms with E-state index >= 15 is 0 Å². The molecule has 3 aromatic rings. The van der Waals surface area contributed by atoms with Crippen molar-refractivity contribution < 1.29 is 23.0 Å². The lowest BCUT2D eigenvalue weighted by Gasteiger charge is -2.18. The highest BCUT2D eigenvalue weighted by Crippen LogP contribution is 2.42. The molecule has 1 heterocycles. The predicted octanol–water partition coefficient (Wildman–Crippen LogP) is 3.88. The fourth-order valence-corrected chi connectivity index (χ4v) is 3.87. The molecule has 0 bridgehead atoms. The average Bonchev–Trinajstić information content (AvgIpc) is 3.14. The first-order valence-corrected chi connectivity index (χ1v) is 10.7. The average molecular weight is 396 g/mol. The lowest BCUT2D eigenvalue weighted by Crippen LogP contribution is -2.03. The molecule has 1 aliphatic rings. The Labute approximate surface area is 164 Å². The molecule has 144 valence electrons. The standard InChI is InChI=1S/C22H20O5S/c1-14-3-5-16(6-4-14)22(23)19-12-21-20(26-13-27-21)11-18(19)15-7-9-17(10-8-15)28(2,24)25/h3-12,22-23H,13H2,1-2H3. The summed E-state index contributed by atoms with van der Waals surface area (Å²) in [7, 11) is -3.28. The summed E-state index contributed by atoms with van der Waals surface area (Å²) in [6, 6.07) is 17.9. The molecule has 1 atom stereocenters. The van der Waals surface area contributed by atoms with Crippen molar-refractivity contribution in [2.45, 2.75) is 17.9 Å². The number of aryl methyl sites for hydroxylation is 1. The van der Waals surface area contributed by atoms with Crippen LogP contribution in [0.5, 0.6) is 11.5 Å². The van der Waals surface area contributed by atoms with E-state index in [1.165, 1.54) is 6.26 Å². The van der Waals surface area contributed by atoms with Crippen LogP contribution in [0.25, 0.3) is 11.1 Å². The predicted molar refractivity (Wildman–Crippen MR) is 106 cm³/mol. The Bertz CT molecular complexity index is 1120. The van der Waals surface area contributed by atoms with Crippen LogP contribution in [0.15, 0.2) is 65.6 Å². The molecule has 6 heteroatoms. The van der Waals surface area contributed by atoms with Crippen molar-refractivity contribution in [3.8, 4) is 22.6 Å². The number of ether oxygens (including phenoxy) is 2. The Kier molecular flexibility index (Phi) is 4.61. The summed E-state index contributed by atoms with van der Waals surface area (Å²) in [4.78, 5) is 0.248. The van der Waals surface area contributed by atoms with Crippen LogP contribution in [0.4, 0.5) is 0 Å². The Morgan fingerprint density at radius 1 is 0.929 bits per heavy atom. The summed E-state index contributed by atoms with van der Waals surface area (Å²) in [6.45, 7) is 2.12. The second-order valence-corrected chi connectivity index (χ2v) is 8.92. The van der Waals surface area contributed by atoms with Crippen LogP contribution in [0.2, 0.25) is 0 Å². The fraction of sp³-hybridized carbons (Fsp3) is 0.182. The van der Waals surface area contributed by atoms with Gasteiger partial charge in [-0.2, -0.15) is 0 Å². The largest absolute Gasteiger partial charge is 0.454 e. The molecule has 5 nitrogen and oxygen atoms in total. The van der Waals surface area contributed by atoms with Crippen molar-refractivity contribution in [2.24, 2.45) is 0 Å². The molecule has 0 saturated carbocycles. The summed E-state index contributed by atoms with van der Waals surface area (Å²) in [5.74, 6) is 1.18. The molecule has 0 fully saturated rings. The number of fused-ring (bicyclic) bond motifs is 1. The molecule has 0 radical (unpaired) electrons. The van der Waals surface area contributed by atoms with Crippen molar-refractivity contribution in [1.82, 2.24) is 0 Å². The third-order valence-corrected chi connectivity index (χ3v) is 5.95. The molecule has 0 amide bonds. The van der Waals surface area contributed by atoms with Crippen LogP contribution in [0, 0.1) is 6.92 Å². The van der Waals surface area contributed by atoms with Gasteiger partial charge in [0, 0.05) is 6.26 Å². The topological polar surface area (TPSA) is 72.8 Å². The van der Waals surface area contributed by atoms with E-state index < -0.39 is 15.9 Å². The van der Waals surface area contributed by atoms with E-state index in [2.05, 4.69) is 0 Å². The smallest absolute Gasteiger partial charge is 0.231 e. The van der Waals surface area contributed by atoms with E-state index in [0.29, 0.717) is 17.1 Å². The van der Waals surface area contributed by atoms with E-state index in [9.17, 15) is 13.5 Å². The van der Waals surface area contributed by atoms with Gasteiger partial charge in [-0.1, -0.05) is 42.0 Å². The molecule has 1 aliphatic heterocycles. The van der Waals surface area contributed by atoms with Crippen LogP contribution in [-0.4, -0.2) is 26.6 Å². The normalized spacial score (nSPS) is 14.1. The number of aliphatic hydroxyl groups excluding tert-OH is 1. The molecule has 0 aliphatic carbocycles. The minimum Gasteiger partial charge on any atom is -0.454 e. The van der Waals surface area contributed by atoms with Crippen molar-refractivity contribution in [3.05, 3.63) is 77.4 Å². The van der Waals surface area contributed by atoms with Gasteiger partial charge in [0.1, 0.15) is 6.10 Å². The lowest BCUT2D eigenvalue weighted by atomic mass is 9.92. The third kappa shape index (κ3) is 3.48. The van der Waals surface area contributed by atoms with Gasteiger partial charge in [0.25, 0.3) is 0 Å². The van der Waals surface area contributed by atoms with Crippen molar-refractivity contribution in [2.75, 3.05) is 13.0 Å². The molecule has 28 heavy (non-hydrogen) atoms. The Balaban J connectivity index is 1.83. The number of sulfone groups is 1. The van der Waals surface area contributed by atoms with E-state index in [0.717, 1.165) is 22.3 Å². The second kappa shape index (κ2) is 6.96. The van der Waals surface area contributed by atoms with Gasteiger partial charge in [-0.05, 0) is 53.4 Å².